The maximum Gasteiger partial charge on any atom is 0.387 e. The van der Waals surface area contributed by atoms with E-state index in [1.54, 1.807) is 31.2 Å². The van der Waals surface area contributed by atoms with Crippen LogP contribution in [-0.4, -0.2) is 43.5 Å². The standard InChI is InChI=1S/C22H22F2N2O6S/c1-2-15(20(28)21-26-16-8-4-6-10-18(16)31-21)25-19(27)11-12-33(29,30)13-14-7-3-5-9-17(14)32-22(23)24/h3-10,15,22H,2,11-13H2,1H3,(H,25,27)/t15-/m1/s1. The van der Waals surface area contributed by atoms with E-state index in [0.717, 1.165) is 0 Å². The van der Waals surface area contributed by atoms with Gasteiger partial charge in [0, 0.05) is 12.0 Å². The molecule has 8 nitrogen and oxygen atoms in total. The molecule has 0 aliphatic heterocycles. The Bertz CT molecular complexity index is 1210. The van der Waals surface area contributed by atoms with E-state index < -0.39 is 52.1 Å². The summed E-state index contributed by atoms with van der Waals surface area (Å²) >= 11 is 0. The minimum Gasteiger partial charge on any atom is -0.435 e. The Balaban J connectivity index is 1.59. The fourth-order valence-electron chi connectivity index (χ4n) is 3.14. The van der Waals surface area contributed by atoms with Gasteiger partial charge in [0.05, 0.1) is 17.5 Å². The van der Waals surface area contributed by atoms with E-state index in [0.29, 0.717) is 11.1 Å². The van der Waals surface area contributed by atoms with E-state index in [9.17, 15) is 26.8 Å². The third kappa shape index (κ3) is 6.58. The van der Waals surface area contributed by atoms with Crippen molar-refractivity contribution in [2.45, 2.75) is 38.2 Å². The maximum atomic E-state index is 12.7. The number of carbonyl (C=O) groups excluding carboxylic acids is 2. The number of amides is 1. The first-order valence-corrected chi connectivity index (χ1v) is 11.9. The first-order chi connectivity index (χ1) is 15.7. The molecule has 3 rings (SSSR count). The number of halogens is 2. The highest BCUT2D eigenvalue weighted by molar-refractivity contribution is 7.90. The highest BCUT2D eigenvalue weighted by atomic mass is 32.2. The third-order valence-corrected chi connectivity index (χ3v) is 6.35. The van der Waals surface area contributed by atoms with Gasteiger partial charge in [0.15, 0.2) is 15.4 Å². The van der Waals surface area contributed by atoms with E-state index in [-0.39, 0.29) is 23.6 Å². The number of aromatic nitrogens is 1. The molecule has 0 radical (unpaired) electrons. The van der Waals surface area contributed by atoms with Crippen LogP contribution in [0.3, 0.4) is 0 Å². The zero-order valence-electron chi connectivity index (χ0n) is 17.7. The third-order valence-electron chi connectivity index (χ3n) is 4.77. The van der Waals surface area contributed by atoms with Crippen molar-refractivity contribution in [1.82, 2.24) is 10.3 Å². The number of oxazole rings is 1. The van der Waals surface area contributed by atoms with Gasteiger partial charge in [-0.05, 0) is 24.6 Å². The molecule has 1 N–H and O–H groups in total. The normalized spacial score (nSPS) is 12.6. The van der Waals surface area contributed by atoms with Gasteiger partial charge in [-0.25, -0.2) is 13.4 Å². The summed E-state index contributed by atoms with van der Waals surface area (Å²) in [6.07, 6.45) is -0.161. The van der Waals surface area contributed by atoms with Crippen LogP contribution in [0.15, 0.2) is 52.9 Å². The minimum absolute atomic E-state index is 0.0655. The van der Waals surface area contributed by atoms with Crippen molar-refractivity contribution in [2.75, 3.05) is 5.75 Å². The molecule has 0 aliphatic rings. The molecule has 1 atom stereocenters. The summed E-state index contributed by atoms with van der Waals surface area (Å²) in [6.45, 7) is -1.41. The Labute approximate surface area is 188 Å². The number of sulfone groups is 1. The molecule has 0 fully saturated rings. The number of ether oxygens (including phenoxy) is 1. The van der Waals surface area contributed by atoms with Crippen LogP contribution in [0.1, 0.15) is 36.0 Å². The average Bonchev–Trinajstić information content (AvgIpc) is 3.21. The number of rotatable bonds is 11. The van der Waals surface area contributed by atoms with E-state index in [1.807, 2.05) is 0 Å². The SMILES string of the molecule is CC[C@@H](NC(=O)CCS(=O)(=O)Cc1ccccc1OC(F)F)C(=O)c1nc2ccccc2o1. The van der Waals surface area contributed by atoms with E-state index in [2.05, 4.69) is 15.0 Å². The van der Waals surface area contributed by atoms with Crippen LogP contribution in [-0.2, 0) is 20.4 Å². The average molecular weight is 480 g/mol. The summed E-state index contributed by atoms with van der Waals surface area (Å²) in [6, 6.07) is 11.4. The second-order valence-electron chi connectivity index (χ2n) is 7.21. The van der Waals surface area contributed by atoms with Gasteiger partial charge in [-0.15, -0.1) is 0 Å². The van der Waals surface area contributed by atoms with Crippen molar-refractivity contribution in [3.8, 4) is 5.75 Å². The molecular formula is C22H22F2N2O6S. The second-order valence-corrected chi connectivity index (χ2v) is 9.39. The summed E-state index contributed by atoms with van der Waals surface area (Å²) in [4.78, 5) is 29.1. The van der Waals surface area contributed by atoms with Crippen molar-refractivity contribution < 1.29 is 35.9 Å². The molecular weight excluding hydrogens is 458 g/mol. The van der Waals surface area contributed by atoms with E-state index >= 15 is 0 Å². The van der Waals surface area contributed by atoms with Crippen molar-refractivity contribution in [1.29, 1.82) is 0 Å². The monoisotopic (exact) mass is 480 g/mol. The Morgan fingerprint density at radius 2 is 1.82 bits per heavy atom. The molecule has 3 aromatic rings. The fourth-order valence-corrected chi connectivity index (χ4v) is 4.49. The Hall–Kier alpha value is -3.34. The zero-order valence-corrected chi connectivity index (χ0v) is 18.5. The Morgan fingerprint density at radius 3 is 2.52 bits per heavy atom. The van der Waals surface area contributed by atoms with Crippen LogP contribution in [0.4, 0.5) is 8.78 Å². The lowest BCUT2D eigenvalue weighted by atomic mass is 10.1. The van der Waals surface area contributed by atoms with E-state index in [4.69, 9.17) is 4.42 Å². The molecule has 2 aromatic carbocycles. The molecule has 0 saturated carbocycles. The van der Waals surface area contributed by atoms with Crippen LogP contribution in [0, 0.1) is 0 Å². The van der Waals surface area contributed by atoms with Gasteiger partial charge >= 0.3 is 6.61 Å². The Morgan fingerprint density at radius 1 is 1.12 bits per heavy atom. The topological polar surface area (TPSA) is 116 Å². The number of benzene rings is 2. The van der Waals surface area contributed by atoms with Crippen LogP contribution in [0.25, 0.3) is 11.1 Å². The van der Waals surface area contributed by atoms with Gasteiger partial charge in [0.1, 0.15) is 11.3 Å². The van der Waals surface area contributed by atoms with Gasteiger partial charge in [-0.1, -0.05) is 37.3 Å². The number of alkyl halides is 2. The van der Waals surface area contributed by atoms with Crippen LogP contribution in [0.5, 0.6) is 5.75 Å². The van der Waals surface area contributed by atoms with Gasteiger partial charge < -0.3 is 14.5 Å². The molecule has 1 aromatic heterocycles. The molecule has 0 spiro atoms. The molecule has 176 valence electrons. The largest absolute Gasteiger partial charge is 0.435 e. The predicted octanol–water partition coefficient (Wildman–Crippen LogP) is 3.51. The lowest BCUT2D eigenvalue weighted by Crippen LogP contribution is -2.41. The number of nitrogens with zero attached hydrogens (tertiary/aromatic N) is 1. The lowest BCUT2D eigenvalue weighted by Gasteiger charge is -2.14. The smallest absolute Gasteiger partial charge is 0.387 e. The highest BCUT2D eigenvalue weighted by Crippen LogP contribution is 2.23. The fraction of sp³-hybridized carbons (Fsp3) is 0.318. The van der Waals surface area contributed by atoms with Gasteiger partial charge in [-0.2, -0.15) is 8.78 Å². The maximum absolute atomic E-state index is 12.7. The number of hydrogen-bond acceptors (Lipinski definition) is 7. The molecule has 33 heavy (non-hydrogen) atoms. The first-order valence-electron chi connectivity index (χ1n) is 10.1. The lowest BCUT2D eigenvalue weighted by molar-refractivity contribution is -0.121. The van der Waals surface area contributed by atoms with Crippen molar-refractivity contribution in [3.63, 3.8) is 0 Å². The number of para-hydroxylation sites is 3. The molecule has 11 heteroatoms. The van der Waals surface area contributed by atoms with Crippen LogP contribution in [0.2, 0.25) is 0 Å². The summed E-state index contributed by atoms with van der Waals surface area (Å²) in [5.74, 6) is -2.66. The van der Waals surface area contributed by atoms with Crippen molar-refractivity contribution >= 4 is 32.6 Å². The van der Waals surface area contributed by atoms with Crippen molar-refractivity contribution in [3.05, 3.63) is 60.0 Å². The second kappa shape index (κ2) is 10.5. The summed E-state index contributed by atoms with van der Waals surface area (Å²) < 4.78 is 59.7. The molecule has 1 heterocycles. The van der Waals surface area contributed by atoms with Gasteiger partial charge in [0.2, 0.25) is 11.7 Å². The molecule has 0 bridgehead atoms. The quantitative estimate of drug-likeness (QED) is 0.418. The summed E-state index contributed by atoms with van der Waals surface area (Å²) in [5, 5.41) is 2.51. The molecule has 1 amide bonds. The number of Topliss-reactive ketones (excluding diaryl/α,β-unsaturated/α-hetero) is 1. The first kappa shape index (κ1) is 24.3. The number of nitrogens with one attached hydrogen (secondary N) is 1. The van der Waals surface area contributed by atoms with Crippen LogP contribution < -0.4 is 10.1 Å². The molecule has 0 unspecified atom stereocenters. The minimum atomic E-state index is -3.82. The predicted molar refractivity (Wildman–Crippen MR) is 116 cm³/mol. The number of fused-ring (bicyclic) bond motifs is 1. The summed E-state index contributed by atoms with van der Waals surface area (Å²) in [5.41, 5.74) is 1.00. The van der Waals surface area contributed by atoms with Crippen LogP contribution >= 0.6 is 0 Å². The van der Waals surface area contributed by atoms with E-state index in [1.165, 1.54) is 24.3 Å². The zero-order chi connectivity index (χ0) is 24.0. The molecule has 0 aliphatic carbocycles. The van der Waals surface area contributed by atoms with Crippen molar-refractivity contribution in [2.24, 2.45) is 0 Å². The van der Waals surface area contributed by atoms with Gasteiger partial charge in [-0.3, -0.25) is 9.59 Å². The Kier molecular flexibility index (Phi) is 7.75. The summed E-state index contributed by atoms with van der Waals surface area (Å²) in [7, 11) is -3.82. The number of hydrogen-bond donors (Lipinski definition) is 1. The number of carbonyl (C=O) groups is 2. The molecule has 0 saturated heterocycles. The number of ketones is 1. The highest BCUT2D eigenvalue weighted by Gasteiger charge is 2.26. The van der Waals surface area contributed by atoms with Gasteiger partial charge in [0.25, 0.3) is 5.89 Å².